The molecule has 0 saturated carbocycles. The molecule has 0 spiro atoms. The van der Waals surface area contributed by atoms with Gasteiger partial charge >= 0.3 is 5.97 Å². The molecule has 22 heavy (non-hydrogen) atoms. The number of nitrogens with zero attached hydrogens (tertiary/aromatic N) is 1. The molecule has 4 nitrogen and oxygen atoms in total. The maximum absolute atomic E-state index is 11.7. The Morgan fingerprint density at radius 3 is 2.91 bits per heavy atom. The molecule has 2 aromatic heterocycles. The van der Waals surface area contributed by atoms with E-state index in [4.69, 9.17) is 4.74 Å². The Labute approximate surface area is 129 Å². The highest BCUT2D eigenvalue weighted by Crippen LogP contribution is 2.17. The zero-order chi connectivity index (χ0) is 15.5. The summed E-state index contributed by atoms with van der Waals surface area (Å²) < 4.78 is 4.99. The lowest BCUT2D eigenvalue weighted by Gasteiger charge is -2.03. The van der Waals surface area contributed by atoms with Gasteiger partial charge in [0, 0.05) is 29.4 Å². The zero-order valence-electron chi connectivity index (χ0n) is 12.7. The number of aromatic amines is 1. The number of pyridine rings is 1. The zero-order valence-corrected chi connectivity index (χ0v) is 12.7. The fourth-order valence-corrected chi connectivity index (χ4v) is 2.48. The normalized spacial score (nSPS) is 10.8. The highest BCUT2D eigenvalue weighted by molar-refractivity contribution is 5.89. The van der Waals surface area contributed by atoms with Crippen LogP contribution in [0.1, 0.15) is 34.2 Å². The van der Waals surface area contributed by atoms with Gasteiger partial charge in [-0.25, -0.2) is 4.79 Å². The summed E-state index contributed by atoms with van der Waals surface area (Å²) >= 11 is 0. The molecule has 0 unspecified atom stereocenters. The number of benzene rings is 1. The second-order valence-corrected chi connectivity index (χ2v) is 5.29. The lowest BCUT2D eigenvalue weighted by molar-refractivity contribution is 0.0526. The van der Waals surface area contributed by atoms with Gasteiger partial charge in [-0.3, -0.25) is 4.98 Å². The molecule has 0 aliphatic carbocycles. The number of aryl methyl sites for hydroxylation is 1. The van der Waals surface area contributed by atoms with Crippen LogP contribution in [-0.4, -0.2) is 22.5 Å². The molecule has 0 saturated heterocycles. The SMILES string of the molecule is CCOC(=O)c1c[nH]c(Cc2ccc3nc(C)ccc3c2)c1. The van der Waals surface area contributed by atoms with E-state index in [2.05, 4.69) is 28.2 Å². The Bertz CT molecular complexity index is 821. The minimum atomic E-state index is -0.289. The fourth-order valence-electron chi connectivity index (χ4n) is 2.48. The fraction of sp³-hybridized carbons (Fsp3) is 0.222. The molecule has 4 heteroatoms. The second kappa shape index (κ2) is 6.02. The molecule has 2 heterocycles. The molecule has 0 atom stereocenters. The van der Waals surface area contributed by atoms with Crippen LogP contribution in [0, 0.1) is 6.92 Å². The maximum Gasteiger partial charge on any atom is 0.339 e. The van der Waals surface area contributed by atoms with Gasteiger partial charge in [-0.2, -0.15) is 0 Å². The van der Waals surface area contributed by atoms with Crippen molar-refractivity contribution in [1.82, 2.24) is 9.97 Å². The number of nitrogens with one attached hydrogen (secondary N) is 1. The Balaban J connectivity index is 1.81. The third-order valence-electron chi connectivity index (χ3n) is 3.54. The highest BCUT2D eigenvalue weighted by Gasteiger charge is 2.09. The van der Waals surface area contributed by atoms with E-state index in [0.717, 1.165) is 28.7 Å². The molecule has 112 valence electrons. The summed E-state index contributed by atoms with van der Waals surface area (Å²) in [5.41, 5.74) is 4.75. The summed E-state index contributed by atoms with van der Waals surface area (Å²) in [4.78, 5) is 19.3. The molecule has 1 aromatic carbocycles. The molecule has 3 aromatic rings. The Morgan fingerprint density at radius 2 is 2.09 bits per heavy atom. The van der Waals surface area contributed by atoms with Crippen LogP contribution in [0.3, 0.4) is 0 Å². The second-order valence-electron chi connectivity index (χ2n) is 5.29. The third kappa shape index (κ3) is 3.01. The van der Waals surface area contributed by atoms with Gasteiger partial charge in [-0.05, 0) is 43.7 Å². The molecule has 0 radical (unpaired) electrons. The average Bonchev–Trinajstić information content (AvgIpc) is 2.96. The maximum atomic E-state index is 11.7. The van der Waals surface area contributed by atoms with Crippen molar-refractivity contribution in [3.63, 3.8) is 0 Å². The van der Waals surface area contributed by atoms with Crippen LogP contribution in [0.2, 0.25) is 0 Å². The number of carbonyl (C=O) groups is 1. The first-order valence-corrected chi connectivity index (χ1v) is 7.36. The van der Waals surface area contributed by atoms with E-state index in [1.807, 2.05) is 25.1 Å². The van der Waals surface area contributed by atoms with Gasteiger partial charge in [-0.15, -0.1) is 0 Å². The smallest absolute Gasteiger partial charge is 0.339 e. The number of fused-ring (bicyclic) bond motifs is 1. The van der Waals surface area contributed by atoms with Crippen molar-refractivity contribution in [2.75, 3.05) is 6.61 Å². The minimum Gasteiger partial charge on any atom is -0.462 e. The van der Waals surface area contributed by atoms with Crippen LogP contribution >= 0.6 is 0 Å². The first-order chi connectivity index (χ1) is 10.7. The molecular weight excluding hydrogens is 276 g/mol. The van der Waals surface area contributed by atoms with E-state index in [-0.39, 0.29) is 5.97 Å². The quantitative estimate of drug-likeness (QED) is 0.747. The van der Waals surface area contributed by atoms with Crippen molar-refractivity contribution in [3.05, 3.63) is 65.1 Å². The van der Waals surface area contributed by atoms with Gasteiger partial charge < -0.3 is 9.72 Å². The number of ether oxygens (including phenoxy) is 1. The minimum absolute atomic E-state index is 0.289. The topological polar surface area (TPSA) is 55.0 Å². The molecule has 0 fully saturated rings. The van der Waals surface area contributed by atoms with Crippen LogP contribution in [-0.2, 0) is 11.2 Å². The Kier molecular flexibility index (Phi) is 3.92. The van der Waals surface area contributed by atoms with Crippen molar-refractivity contribution in [1.29, 1.82) is 0 Å². The van der Waals surface area contributed by atoms with Crippen molar-refractivity contribution >= 4 is 16.9 Å². The molecule has 0 aliphatic heterocycles. The van der Waals surface area contributed by atoms with Gasteiger partial charge in [0.05, 0.1) is 17.7 Å². The van der Waals surface area contributed by atoms with Gasteiger partial charge in [-0.1, -0.05) is 12.1 Å². The summed E-state index contributed by atoms with van der Waals surface area (Å²) in [5.74, 6) is -0.289. The predicted octanol–water partition coefficient (Wildman–Crippen LogP) is 3.64. The van der Waals surface area contributed by atoms with Crippen LogP contribution in [0.5, 0.6) is 0 Å². The molecule has 3 rings (SSSR count). The van der Waals surface area contributed by atoms with Crippen LogP contribution in [0.4, 0.5) is 0 Å². The summed E-state index contributed by atoms with van der Waals surface area (Å²) in [6.45, 7) is 4.18. The van der Waals surface area contributed by atoms with Gasteiger partial charge in [0.25, 0.3) is 0 Å². The average molecular weight is 294 g/mol. The first kappa shape index (κ1) is 14.3. The predicted molar refractivity (Wildman–Crippen MR) is 86.0 cm³/mol. The van der Waals surface area contributed by atoms with Crippen molar-refractivity contribution < 1.29 is 9.53 Å². The number of carbonyl (C=O) groups excluding carboxylic acids is 1. The van der Waals surface area contributed by atoms with Gasteiger partial charge in [0.1, 0.15) is 0 Å². The monoisotopic (exact) mass is 294 g/mol. The number of esters is 1. The van der Waals surface area contributed by atoms with Crippen LogP contribution < -0.4 is 0 Å². The first-order valence-electron chi connectivity index (χ1n) is 7.36. The Hall–Kier alpha value is -2.62. The van der Waals surface area contributed by atoms with E-state index in [1.54, 1.807) is 13.1 Å². The summed E-state index contributed by atoms with van der Waals surface area (Å²) in [7, 11) is 0. The molecular formula is C18H18N2O2. The molecule has 1 N–H and O–H groups in total. The number of H-pyrrole nitrogens is 1. The number of hydrogen-bond donors (Lipinski definition) is 1. The van der Waals surface area contributed by atoms with Gasteiger partial charge in [0.15, 0.2) is 0 Å². The summed E-state index contributed by atoms with van der Waals surface area (Å²) in [6.07, 6.45) is 2.43. The molecule has 0 bridgehead atoms. The van der Waals surface area contributed by atoms with Crippen molar-refractivity contribution in [2.45, 2.75) is 20.3 Å². The largest absolute Gasteiger partial charge is 0.462 e. The standard InChI is InChI=1S/C18H18N2O2/c1-3-22-18(21)15-10-16(19-11-15)9-13-5-7-17-14(8-13)6-4-12(2)20-17/h4-8,10-11,19H,3,9H2,1-2H3. The van der Waals surface area contributed by atoms with E-state index in [9.17, 15) is 4.79 Å². The van der Waals surface area contributed by atoms with Crippen LogP contribution in [0.15, 0.2) is 42.6 Å². The van der Waals surface area contributed by atoms with E-state index < -0.39 is 0 Å². The lowest BCUT2D eigenvalue weighted by atomic mass is 10.1. The highest BCUT2D eigenvalue weighted by atomic mass is 16.5. The number of rotatable bonds is 4. The summed E-state index contributed by atoms with van der Waals surface area (Å²) in [6, 6.07) is 12.2. The molecule has 0 aliphatic rings. The van der Waals surface area contributed by atoms with E-state index in [1.165, 1.54) is 5.56 Å². The molecule has 0 amide bonds. The number of hydrogen-bond acceptors (Lipinski definition) is 3. The van der Waals surface area contributed by atoms with E-state index in [0.29, 0.717) is 12.2 Å². The number of aromatic nitrogens is 2. The van der Waals surface area contributed by atoms with Crippen LogP contribution in [0.25, 0.3) is 10.9 Å². The summed E-state index contributed by atoms with van der Waals surface area (Å²) in [5, 5.41) is 1.13. The Morgan fingerprint density at radius 1 is 1.23 bits per heavy atom. The lowest BCUT2D eigenvalue weighted by Crippen LogP contribution is -2.02. The third-order valence-corrected chi connectivity index (χ3v) is 3.54. The van der Waals surface area contributed by atoms with Gasteiger partial charge in [0.2, 0.25) is 0 Å². The van der Waals surface area contributed by atoms with Crippen molar-refractivity contribution in [3.8, 4) is 0 Å². The van der Waals surface area contributed by atoms with Crippen molar-refractivity contribution in [2.24, 2.45) is 0 Å². The van der Waals surface area contributed by atoms with E-state index >= 15 is 0 Å².